The predicted octanol–water partition coefficient (Wildman–Crippen LogP) is 4.28. The number of carbonyl (C=O) groups excluding carboxylic acids is 1. The number of anilines is 1. The number of esters is 1. The number of nitrogens with two attached hydrogens (primary N) is 1. The van der Waals surface area contributed by atoms with Crippen LogP contribution in [0.2, 0.25) is 5.02 Å². The zero-order valence-electron chi connectivity index (χ0n) is 16.3. The van der Waals surface area contributed by atoms with Gasteiger partial charge in [0.25, 0.3) is 0 Å². The summed E-state index contributed by atoms with van der Waals surface area (Å²) in [7, 11) is 0. The Labute approximate surface area is 181 Å². The Bertz CT molecular complexity index is 1320. The van der Waals surface area contributed by atoms with E-state index in [1.54, 1.807) is 6.07 Å². The monoisotopic (exact) mass is 440 g/mol. The number of para-hydroxylation sites is 2. The van der Waals surface area contributed by atoms with Gasteiger partial charge in [-0.15, -0.1) is 0 Å². The van der Waals surface area contributed by atoms with Crippen LogP contribution in [0.3, 0.4) is 0 Å². The second-order valence-electron chi connectivity index (χ2n) is 7.31. The van der Waals surface area contributed by atoms with Crippen LogP contribution in [0.25, 0.3) is 27.9 Å². The van der Waals surface area contributed by atoms with Crippen LogP contribution in [0.1, 0.15) is 23.2 Å². The minimum atomic E-state index is -0.616. The van der Waals surface area contributed by atoms with Crippen molar-refractivity contribution < 1.29 is 18.7 Å². The maximum Gasteiger partial charge on any atom is 0.344 e. The Morgan fingerprint density at radius 2 is 2.03 bits per heavy atom. The van der Waals surface area contributed by atoms with Crippen LogP contribution in [0.4, 0.5) is 10.2 Å². The molecule has 1 unspecified atom stereocenters. The van der Waals surface area contributed by atoms with Gasteiger partial charge < -0.3 is 15.2 Å². The fourth-order valence-corrected chi connectivity index (χ4v) is 3.94. The van der Waals surface area contributed by atoms with E-state index >= 15 is 0 Å². The fourth-order valence-electron chi connectivity index (χ4n) is 3.76. The van der Waals surface area contributed by atoms with Gasteiger partial charge in [-0.05, 0) is 43.2 Å². The van der Waals surface area contributed by atoms with Crippen molar-refractivity contribution in [3.63, 3.8) is 0 Å². The van der Waals surface area contributed by atoms with Gasteiger partial charge >= 0.3 is 5.97 Å². The lowest BCUT2D eigenvalue weighted by atomic mass is 10.2. The number of hydrogen-bond acceptors (Lipinski definition) is 6. The maximum atomic E-state index is 13.7. The van der Waals surface area contributed by atoms with Crippen molar-refractivity contribution in [2.75, 3.05) is 18.9 Å². The summed E-state index contributed by atoms with van der Waals surface area (Å²) in [4.78, 5) is 22.3. The van der Waals surface area contributed by atoms with Crippen molar-refractivity contribution >= 4 is 45.6 Å². The van der Waals surface area contributed by atoms with Gasteiger partial charge in [-0.1, -0.05) is 23.7 Å². The molecule has 0 bridgehead atoms. The van der Waals surface area contributed by atoms with E-state index in [4.69, 9.17) is 26.8 Å². The van der Waals surface area contributed by atoms with Crippen LogP contribution < -0.4 is 5.73 Å². The lowest BCUT2D eigenvalue weighted by Gasteiger charge is -2.11. The number of aromatic nitrogens is 3. The summed E-state index contributed by atoms with van der Waals surface area (Å²) in [6.45, 7) is 0.792. The summed E-state index contributed by atoms with van der Waals surface area (Å²) in [6.07, 6.45) is 1.65. The molecule has 1 aliphatic heterocycles. The molecule has 0 saturated carbocycles. The van der Waals surface area contributed by atoms with Crippen LogP contribution in [-0.4, -0.2) is 39.8 Å². The first-order valence-electron chi connectivity index (χ1n) is 9.84. The maximum absolute atomic E-state index is 13.7. The number of nitrogen functional groups attached to an aromatic ring is 1. The first-order valence-corrected chi connectivity index (χ1v) is 10.2. The molecule has 31 heavy (non-hydrogen) atoms. The molecule has 0 amide bonds. The highest BCUT2D eigenvalue weighted by atomic mass is 35.5. The minimum Gasteiger partial charge on any atom is -0.459 e. The molecule has 2 N–H and O–H groups in total. The first kappa shape index (κ1) is 19.7. The fraction of sp³-hybridized carbons (Fsp3) is 0.227. The summed E-state index contributed by atoms with van der Waals surface area (Å²) in [6, 6.07) is 11.4. The summed E-state index contributed by atoms with van der Waals surface area (Å²) in [5.41, 5.74) is 8.84. The van der Waals surface area contributed by atoms with E-state index in [-0.39, 0.29) is 29.1 Å². The van der Waals surface area contributed by atoms with Gasteiger partial charge in [0.2, 0.25) is 0 Å². The SMILES string of the molecule is Nc1c(C(=O)OCC2CCCO2)c2nc3ccccc3nc2n1-c1ccc(F)c(Cl)c1. The Morgan fingerprint density at radius 1 is 1.26 bits per heavy atom. The second-order valence-corrected chi connectivity index (χ2v) is 7.72. The average Bonchev–Trinajstić information content (AvgIpc) is 3.38. The van der Waals surface area contributed by atoms with E-state index < -0.39 is 11.8 Å². The van der Waals surface area contributed by atoms with Crippen molar-refractivity contribution in [1.29, 1.82) is 0 Å². The lowest BCUT2D eigenvalue weighted by molar-refractivity contribution is 0.0163. The molecule has 1 aliphatic rings. The third-order valence-electron chi connectivity index (χ3n) is 5.29. The number of rotatable bonds is 4. The lowest BCUT2D eigenvalue weighted by Crippen LogP contribution is -2.18. The summed E-state index contributed by atoms with van der Waals surface area (Å²) >= 11 is 5.98. The van der Waals surface area contributed by atoms with E-state index in [0.717, 1.165) is 12.8 Å². The van der Waals surface area contributed by atoms with Crippen LogP contribution >= 0.6 is 11.6 Å². The van der Waals surface area contributed by atoms with E-state index in [2.05, 4.69) is 9.97 Å². The number of halogens is 2. The van der Waals surface area contributed by atoms with Crippen LogP contribution in [0.5, 0.6) is 0 Å². The molecule has 1 fully saturated rings. The Kier molecular flexibility index (Phi) is 4.95. The molecule has 3 heterocycles. The molecule has 5 rings (SSSR count). The Balaban J connectivity index is 1.68. The highest BCUT2D eigenvalue weighted by Crippen LogP contribution is 2.32. The zero-order valence-corrected chi connectivity index (χ0v) is 17.1. The third-order valence-corrected chi connectivity index (χ3v) is 5.58. The quantitative estimate of drug-likeness (QED) is 0.476. The van der Waals surface area contributed by atoms with Gasteiger partial charge in [0.15, 0.2) is 5.65 Å². The largest absolute Gasteiger partial charge is 0.459 e. The van der Waals surface area contributed by atoms with Crippen molar-refractivity contribution in [3.8, 4) is 5.69 Å². The number of ether oxygens (including phenoxy) is 2. The molecule has 158 valence electrons. The molecule has 9 heteroatoms. The molecule has 1 atom stereocenters. The number of nitrogens with zero attached hydrogens (tertiary/aromatic N) is 3. The van der Waals surface area contributed by atoms with Gasteiger partial charge in [-0.2, -0.15) is 0 Å². The average molecular weight is 441 g/mol. The Hall–Kier alpha value is -3.23. The molecule has 1 saturated heterocycles. The van der Waals surface area contributed by atoms with Crippen LogP contribution in [-0.2, 0) is 9.47 Å². The van der Waals surface area contributed by atoms with Crippen molar-refractivity contribution in [3.05, 3.63) is 58.9 Å². The number of carbonyl (C=O) groups is 1. The van der Waals surface area contributed by atoms with Crippen molar-refractivity contribution in [1.82, 2.24) is 14.5 Å². The summed E-state index contributed by atoms with van der Waals surface area (Å²) in [5, 5.41) is -0.0741. The second kappa shape index (κ2) is 7.79. The highest BCUT2D eigenvalue weighted by molar-refractivity contribution is 6.31. The van der Waals surface area contributed by atoms with Gasteiger partial charge in [-0.25, -0.2) is 19.2 Å². The summed E-state index contributed by atoms with van der Waals surface area (Å²) in [5.74, 6) is -1.09. The zero-order chi connectivity index (χ0) is 21.5. The van der Waals surface area contributed by atoms with E-state index in [0.29, 0.717) is 34.5 Å². The normalized spacial score (nSPS) is 16.3. The molecular formula is C22H18ClFN4O3. The van der Waals surface area contributed by atoms with Gasteiger partial charge in [0.1, 0.15) is 29.3 Å². The molecule has 2 aromatic heterocycles. The minimum absolute atomic E-state index is 0.0741. The number of benzene rings is 2. The predicted molar refractivity (Wildman–Crippen MR) is 115 cm³/mol. The van der Waals surface area contributed by atoms with E-state index in [9.17, 15) is 9.18 Å². The van der Waals surface area contributed by atoms with Crippen molar-refractivity contribution in [2.45, 2.75) is 18.9 Å². The van der Waals surface area contributed by atoms with Crippen molar-refractivity contribution in [2.24, 2.45) is 0 Å². The smallest absolute Gasteiger partial charge is 0.344 e. The van der Waals surface area contributed by atoms with Gasteiger partial charge in [0, 0.05) is 6.61 Å². The van der Waals surface area contributed by atoms with Gasteiger partial charge in [-0.3, -0.25) is 4.57 Å². The molecule has 0 aliphatic carbocycles. The molecule has 7 nitrogen and oxygen atoms in total. The van der Waals surface area contributed by atoms with E-state index in [1.165, 1.54) is 22.8 Å². The third kappa shape index (κ3) is 3.47. The topological polar surface area (TPSA) is 92.3 Å². The van der Waals surface area contributed by atoms with Gasteiger partial charge in [0.05, 0.1) is 27.8 Å². The van der Waals surface area contributed by atoms with Crippen LogP contribution in [0, 0.1) is 5.82 Å². The van der Waals surface area contributed by atoms with E-state index in [1.807, 2.05) is 18.2 Å². The molecule has 0 radical (unpaired) electrons. The molecule has 4 aromatic rings. The van der Waals surface area contributed by atoms with Crippen LogP contribution in [0.15, 0.2) is 42.5 Å². The Morgan fingerprint density at radius 3 is 2.74 bits per heavy atom. The number of hydrogen-bond donors (Lipinski definition) is 1. The molecule has 2 aromatic carbocycles. The summed E-state index contributed by atoms with van der Waals surface area (Å²) < 4.78 is 26.3. The first-order chi connectivity index (χ1) is 15.0. The standard InChI is InChI=1S/C22H18ClFN4O3/c23-14-10-12(7-8-15(14)24)28-20(25)18(22(29)31-11-13-4-3-9-30-13)19-21(28)27-17-6-2-1-5-16(17)26-19/h1-2,5-8,10,13H,3-4,9,11,25H2. The molecule has 0 spiro atoms. The number of fused-ring (bicyclic) bond motifs is 2. The highest BCUT2D eigenvalue weighted by Gasteiger charge is 2.27. The molecular weight excluding hydrogens is 423 g/mol.